The van der Waals surface area contributed by atoms with E-state index < -0.39 is 65.7 Å². The van der Waals surface area contributed by atoms with Crippen LogP contribution in [0.5, 0.6) is 17.2 Å². The first-order chi connectivity index (χ1) is 27.0. The van der Waals surface area contributed by atoms with E-state index in [2.05, 4.69) is 31.6 Å². The fourth-order valence-corrected chi connectivity index (χ4v) is 6.19. The van der Waals surface area contributed by atoms with Gasteiger partial charge >= 0.3 is 0 Å². The maximum atomic E-state index is 14.7. The average Bonchev–Trinajstić information content (AvgIpc) is 3.16. The van der Waals surface area contributed by atoms with Gasteiger partial charge in [-0.1, -0.05) is 26.0 Å². The predicted octanol–water partition coefficient (Wildman–Crippen LogP) is 0.0350. The molecule has 0 bridgehead atoms. The molecule has 0 spiro atoms. The minimum absolute atomic E-state index is 0.000938. The van der Waals surface area contributed by atoms with E-state index in [9.17, 15) is 39.0 Å². The Morgan fingerprint density at radius 2 is 1.49 bits per heavy atom. The second-order valence-electron chi connectivity index (χ2n) is 14.3. The highest BCUT2D eigenvalue weighted by Gasteiger charge is 2.38. The Balaban J connectivity index is 2.14. The number of aliphatic imine (C=N–C) groups is 1. The molecular weight excluding hydrogens is 738 g/mol. The van der Waals surface area contributed by atoms with Gasteiger partial charge in [-0.3, -0.25) is 33.8 Å². The number of aromatic hydroxyl groups is 2. The van der Waals surface area contributed by atoms with Gasteiger partial charge in [-0.05, 0) is 74.8 Å². The molecule has 0 unspecified atom stereocenters. The Hall–Kier alpha value is -6.07. The third-order valence-electron chi connectivity index (χ3n) is 9.51. The van der Waals surface area contributed by atoms with Crippen LogP contribution in [0, 0.1) is 5.92 Å². The Bertz CT molecular complexity index is 1750. The van der Waals surface area contributed by atoms with E-state index in [1.807, 2.05) is 0 Å². The summed E-state index contributed by atoms with van der Waals surface area (Å²) in [4.78, 5) is 87.7. The second-order valence-corrected chi connectivity index (χ2v) is 14.3. The minimum atomic E-state index is -1.24. The number of amides is 6. The second kappa shape index (κ2) is 21.9. The van der Waals surface area contributed by atoms with Crippen molar-refractivity contribution in [3.05, 3.63) is 53.6 Å². The highest BCUT2D eigenvalue weighted by atomic mass is 16.5. The Morgan fingerprint density at radius 1 is 0.860 bits per heavy atom. The Morgan fingerprint density at radius 3 is 2.11 bits per heavy atom. The average molecular weight is 796 g/mol. The van der Waals surface area contributed by atoms with Crippen molar-refractivity contribution in [3.8, 4) is 17.2 Å². The number of guanidine groups is 1. The largest absolute Gasteiger partial charge is 0.508 e. The van der Waals surface area contributed by atoms with Crippen LogP contribution in [0.2, 0.25) is 0 Å². The molecule has 5 atom stereocenters. The lowest BCUT2D eigenvalue weighted by molar-refractivity contribution is -0.144. The van der Waals surface area contributed by atoms with E-state index in [4.69, 9.17) is 16.2 Å². The monoisotopic (exact) mass is 795 g/mol. The highest BCUT2D eigenvalue weighted by molar-refractivity contribution is 5.98. The Kier molecular flexibility index (Phi) is 17.4. The van der Waals surface area contributed by atoms with Crippen LogP contribution in [0.3, 0.4) is 0 Å². The molecule has 1 heterocycles. The molecule has 2 aromatic rings. The summed E-state index contributed by atoms with van der Waals surface area (Å²) in [6, 6.07) is 4.44. The summed E-state index contributed by atoms with van der Waals surface area (Å²) in [6.07, 6.45) is 1.14. The van der Waals surface area contributed by atoms with Gasteiger partial charge in [0.05, 0.1) is 13.7 Å². The smallest absolute Gasteiger partial charge is 0.246 e. The molecule has 1 aliphatic rings. The van der Waals surface area contributed by atoms with Crippen LogP contribution >= 0.6 is 0 Å². The molecule has 0 radical (unpaired) electrons. The van der Waals surface area contributed by atoms with Gasteiger partial charge in [-0.15, -0.1) is 0 Å². The molecule has 1 fully saturated rings. The molecule has 6 amide bonds. The number of phenols is 2. The SMILES string of the molecule is COc1ccc(CN2C(=O)[C@H](CCCCNC(C)=O)NC(=O)[C@H](CCCN=C(N)N)NC(=O)[C@H](Cc3ccc(O)cc3)NC(=O)[C@H](C(C)C)NC(=O)[C@@H]2C)c(O)c1. The number of nitrogens with two attached hydrogens (primary N) is 2. The van der Waals surface area contributed by atoms with Gasteiger partial charge < -0.3 is 57.9 Å². The molecule has 18 heteroatoms. The van der Waals surface area contributed by atoms with Gasteiger partial charge in [0.15, 0.2) is 5.96 Å². The highest BCUT2D eigenvalue weighted by Crippen LogP contribution is 2.26. The van der Waals surface area contributed by atoms with Gasteiger partial charge in [-0.2, -0.15) is 0 Å². The first-order valence-electron chi connectivity index (χ1n) is 19.0. The lowest BCUT2D eigenvalue weighted by Crippen LogP contribution is -2.59. The number of methoxy groups -OCH3 is 1. The molecule has 3 rings (SSSR count). The molecule has 1 saturated heterocycles. The molecule has 0 aromatic heterocycles. The van der Waals surface area contributed by atoms with Crippen LogP contribution in [0.1, 0.15) is 70.9 Å². The third kappa shape index (κ3) is 14.2. The molecule has 11 N–H and O–H groups in total. The van der Waals surface area contributed by atoms with Gasteiger partial charge in [0.2, 0.25) is 35.4 Å². The first-order valence-corrected chi connectivity index (χ1v) is 19.0. The molecule has 57 heavy (non-hydrogen) atoms. The number of rotatable bonds is 15. The summed E-state index contributed by atoms with van der Waals surface area (Å²) in [5, 5.41) is 34.5. The molecule has 312 valence electrons. The number of unbranched alkanes of at least 4 members (excludes halogenated alkanes) is 1. The quantitative estimate of drug-likeness (QED) is 0.0659. The van der Waals surface area contributed by atoms with Crippen molar-refractivity contribution >= 4 is 41.4 Å². The maximum absolute atomic E-state index is 14.7. The molecule has 0 saturated carbocycles. The summed E-state index contributed by atoms with van der Waals surface area (Å²) in [5.41, 5.74) is 11.9. The summed E-state index contributed by atoms with van der Waals surface area (Å²) in [7, 11) is 1.43. The van der Waals surface area contributed by atoms with Crippen molar-refractivity contribution < 1.29 is 43.7 Å². The van der Waals surface area contributed by atoms with Gasteiger partial charge in [0.25, 0.3) is 0 Å². The summed E-state index contributed by atoms with van der Waals surface area (Å²) in [5.74, 6) is -4.21. The normalized spacial score (nSPS) is 21.0. The zero-order valence-electron chi connectivity index (χ0n) is 33.2. The zero-order chi connectivity index (χ0) is 42.2. The summed E-state index contributed by atoms with van der Waals surface area (Å²) >= 11 is 0. The van der Waals surface area contributed by atoms with Crippen molar-refractivity contribution in [3.63, 3.8) is 0 Å². The zero-order valence-corrected chi connectivity index (χ0v) is 33.2. The third-order valence-corrected chi connectivity index (χ3v) is 9.51. The van der Waals surface area contributed by atoms with Crippen LogP contribution in [-0.2, 0) is 41.7 Å². The van der Waals surface area contributed by atoms with Crippen LogP contribution in [-0.4, -0.2) is 107 Å². The van der Waals surface area contributed by atoms with Crippen molar-refractivity contribution in [2.24, 2.45) is 22.4 Å². The predicted molar refractivity (Wildman–Crippen MR) is 211 cm³/mol. The molecular formula is C39H57N9O9. The number of hydrogen-bond acceptors (Lipinski definition) is 10. The number of hydrogen-bond donors (Lipinski definition) is 9. The number of ether oxygens (including phenoxy) is 1. The van der Waals surface area contributed by atoms with E-state index in [1.165, 1.54) is 44.1 Å². The fourth-order valence-electron chi connectivity index (χ4n) is 6.19. The summed E-state index contributed by atoms with van der Waals surface area (Å²) in [6.45, 7) is 6.45. The number of nitrogens with one attached hydrogen (secondary N) is 5. The lowest BCUT2D eigenvalue weighted by Gasteiger charge is -2.34. The van der Waals surface area contributed by atoms with Crippen LogP contribution in [0.15, 0.2) is 47.5 Å². The van der Waals surface area contributed by atoms with E-state index >= 15 is 0 Å². The number of nitrogens with zero attached hydrogens (tertiary/aromatic N) is 2. The summed E-state index contributed by atoms with van der Waals surface area (Å²) < 4.78 is 5.21. The van der Waals surface area contributed by atoms with Crippen molar-refractivity contribution in [1.29, 1.82) is 0 Å². The van der Waals surface area contributed by atoms with Crippen molar-refractivity contribution in [2.45, 2.75) is 103 Å². The number of benzene rings is 2. The standard InChI is InChI=1S/C39H57N9O9/c1-22(2)33-37(55)46-31(19-25-11-14-27(50)15-12-25)36(54)44-29(10-8-18-43-39(40)41)35(53)45-30(9-6-7-17-42-24(4)49)38(56)48(23(3)34(52)47-33)21-26-13-16-28(57-5)20-32(26)51/h11-16,20,22-23,29-31,33,50-51H,6-10,17-19,21H2,1-5H3,(H,42,49)(H,44,54)(H,45,53)(H,46,55)(H,47,52)(H4,40,41,43)/t23-,29-,30-,31-,33-/m0/s1. The fraction of sp³-hybridized carbons (Fsp3) is 0.513. The van der Waals surface area contributed by atoms with Crippen molar-refractivity contribution in [2.75, 3.05) is 20.2 Å². The van der Waals surface area contributed by atoms with Crippen molar-refractivity contribution in [1.82, 2.24) is 31.5 Å². The molecule has 0 aliphatic carbocycles. The van der Waals surface area contributed by atoms with Crippen LogP contribution in [0.25, 0.3) is 0 Å². The van der Waals surface area contributed by atoms with E-state index in [-0.39, 0.29) is 67.7 Å². The molecule has 2 aromatic carbocycles. The first kappa shape index (κ1) is 45.3. The Labute approximate surface area is 332 Å². The molecule has 18 nitrogen and oxygen atoms in total. The number of carbonyl (C=O) groups is 6. The maximum Gasteiger partial charge on any atom is 0.246 e. The van der Waals surface area contributed by atoms with Gasteiger partial charge in [0.1, 0.15) is 47.5 Å². The molecule has 1 aliphatic heterocycles. The van der Waals surface area contributed by atoms with Gasteiger partial charge in [-0.25, -0.2) is 0 Å². The lowest BCUT2D eigenvalue weighted by atomic mass is 10.00. The number of phenolic OH excluding ortho intramolecular Hbond substituents is 2. The van der Waals surface area contributed by atoms with E-state index in [1.54, 1.807) is 38.1 Å². The topological polar surface area (TPSA) is 280 Å². The minimum Gasteiger partial charge on any atom is -0.508 e. The van der Waals surface area contributed by atoms with Gasteiger partial charge in [0, 0.05) is 38.1 Å². The van der Waals surface area contributed by atoms with Crippen LogP contribution in [0.4, 0.5) is 0 Å². The van der Waals surface area contributed by atoms with Crippen LogP contribution < -0.4 is 42.8 Å². The van der Waals surface area contributed by atoms with E-state index in [0.717, 1.165) is 0 Å². The van der Waals surface area contributed by atoms with E-state index in [0.29, 0.717) is 30.7 Å². The number of carbonyl (C=O) groups excluding carboxylic acids is 6.